The molecular weight excluding hydrogens is 234 g/mol. The zero-order chi connectivity index (χ0) is 8.43. The first-order valence-electron chi connectivity index (χ1n) is 2.88. The Hall–Kier alpha value is -0.280. The second-order valence-electron chi connectivity index (χ2n) is 2.03. The van der Waals surface area contributed by atoms with Gasteiger partial charge in [-0.2, -0.15) is 0 Å². The lowest BCUT2D eigenvalue weighted by Crippen LogP contribution is -1.83. The predicted molar refractivity (Wildman–Crippen MR) is 45.3 cm³/mol. The molecular formula is C7H5BrClFO. The molecule has 0 aromatic heterocycles. The average molecular weight is 239 g/mol. The van der Waals surface area contributed by atoms with Gasteiger partial charge in [0.2, 0.25) is 0 Å². The molecule has 0 unspecified atom stereocenters. The smallest absolute Gasteiger partial charge is 0.137 e. The number of hydrogen-bond acceptors (Lipinski definition) is 1. The number of benzene rings is 1. The van der Waals surface area contributed by atoms with Crippen LogP contribution in [0.15, 0.2) is 16.6 Å². The van der Waals surface area contributed by atoms with E-state index in [9.17, 15) is 4.39 Å². The first-order valence-corrected chi connectivity index (χ1v) is 4.20. The summed E-state index contributed by atoms with van der Waals surface area (Å²) in [7, 11) is 0. The minimum absolute atomic E-state index is 0.00766. The molecule has 0 aliphatic carbocycles. The Morgan fingerprint density at radius 1 is 1.55 bits per heavy atom. The van der Waals surface area contributed by atoms with Crippen molar-refractivity contribution in [3.63, 3.8) is 0 Å². The number of aromatic hydroxyl groups is 1. The number of halogens is 3. The molecule has 60 valence electrons. The van der Waals surface area contributed by atoms with E-state index in [1.807, 2.05) is 0 Å². The van der Waals surface area contributed by atoms with E-state index in [0.717, 1.165) is 0 Å². The van der Waals surface area contributed by atoms with Crippen LogP contribution in [-0.4, -0.2) is 5.11 Å². The van der Waals surface area contributed by atoms with Gasteiger partial charge in [0.25, 0.3) is 0 Å². The minimum Gasteiger partial charge on any atom is -0.508 e. The summed E-state index contributed by atoms with van der Waals surface area (Å²) in [6.07, 6.45) is 0. The summed E-state index contributed by atoms with van der Waals surface area (Å²) in [5.74, 6) is -0.303. The third-order valence-electron chi connectivity index (χ3n) is 1.27. The highest BCUT2D eigenvalue weighted by atomic mass is 79.9. The van der Waals surface area contributed by atoms with Crippen LogP contribution in [-0.2, 0) is 5.88 Å². The van der Waals surface area contributed by atoms with Gasteiger partial charge in [0.15, 0.2) is 0 Å². The number of phenolic OH excluding ortho intramolecular Hbond substituents is 1. The monoisotopic (exact) mass is 238 g/mol. The van der Waals surface area contributed by atoms with Crippen molar-refractivity contribution >= 4 is 27.5 Å². The number of phenols is 1. The Morgan fingerprint density at radius 2 is 2.18 bits per heavy atom. The summed E-state index contributed by atoms with van der Waals surface area (Å²) in [4.78, 5) is 0. The Labute approximate surface area is 76.9 Å². The molecule has 0 spiro atoms. The number of alkyl halides is 1. The SMILES string of the molecule is Oc1cc(Br)c(F)cc1CCl. The van der Waals surface area contributed by atoms with Crippen molar-refractivity contribution in [2.75, 3.05) is 0 Å². The Balaban J connectivity index is 3.21. The van der Waals surface area contributed by atoms with Gasteiger partial charge in [-0.05, 0) is 28.1 Å². The van der Waals surface area contributed by atoms with E-state index >= 15 is 0 Å². The van der Waals surface area contributed by atoms with Crippen molar-refractivity contribution < 1.29 is 9.50 Å². The van der Waals surface area contributed by atoms with Gasteiger partial charge in [-0.15, -0.1) is 11.6 Å². The largest absolute Gasteiger partial charge is 0.508 e. The Bertz CT molecular complexity index is 277. The molecule has 1 rings (SSSR count). The molecule has 0 saturated carbocycles. The molecule has 0 heterocycles. The van der Waals surface area contributed by atoms with Crippen molar-refractivity contribution in [3.05, 3.63) is 28.0 Å². The molecule has 1 nitrogen and oxygen atoms in total. The maximum atomic E-state index is 12.7. The lowest BCUT2D eigenvalue weighted by atomic mass is 10.2. The first-order chi connectivity index (χ1) is 5.15. The lowest BCUT2D eigenvalue weighted by Gasteiger charge is -2.01. The summed E-state index contributed by atoms with van der Waals surface area (Å²) in [6.45, 7) is 0. The van der Waals surface area contributed by atoms with Gasteiger partial charge in [0, 0.05) is 5.56 Å². The van der Waals surface area contributed by atoms with Gasteiger partial charge in [-0.25, -0.2) is 4.39 Å². The molecule has 0 bridgehead atoms. The molecule has 0 radical (unpaired) electrons. The van der Waals surface area contributed by atoms with Crippen LogP contribution >= 0.6 is 27.5 Å². The third kappa shape index (κ3) is 1.84. The van der Waals surface area contributed by atoms with Crippen LogP contribution in [0.5, 0.6) is 5.75 Å². The van der Waals surface area contributed by atoms with Crippen molar-refractivity contribution in [2.24, 2.45) is 0 Å². The quantitative estimate of drug-likeness (QED) is 0.747. The summed E-state index contributed by atoms with van der Waals surface area (Å²) in [5.41, 5.74) is 0.396. The van der Waals surface area contributed by atoms with Crippen LogP contribution in [0.3, 0.4) is 0 Å². The second kappa shape index (κ2) is 3.41. The number of hydrogen-bond donors (Lipinski definition) is 1. The van der Waals surface area contributed by atoms with Crippen LogP contribution < -0.4 is 0 Å². The van der Waals surface area contributed by atoms with E-state index in [-0.39, 0.29) is 16.1 Å². The molecule has 0 aliphatic rings. The molecule has 1 aromatic carbocycles. The molecule has 0 aliphatic heterocycles. The highest BCUT2D eigenvalue weighted by Crippen LogP contribution is 2.26. The van der Waals surface area contributed by atoms with E-state index in [2.05, 4.69) is 15.9 Å². The Morgan fingerprint density at radius 3 is 2.73 bits per heavy atom. The minimum atomic E-state index is -0.418. The highest BCUT2D eigenvalue weighted by Gasteiger charge is 2.05. The van der Waals surface area contributed by atoms with Gasteiger partial charge in [0.05, 0.1) is 10.4 Å². The van der Waals surface area contributed by atoms with Gasteiger partial charge in [-0.3, -0.25) is 0 Å². The van der Waals surface area contributed by atoms with Crippen LogP contribution in [0.1, 0.15) is 5.56 Å². The molecule has 11 heavy (non-hydrogen) atoms. The molecule has 0 saturated heterocycles. The standard InChI is InChI=1S/C7H5BrClFO/c8-5-2-7(11)4(3-9)1-6(5)10/h1-2,11H,3H2. The predicted octanol–water partition coefficient (Wildman–Crippen LogP) is 3.03. The fourth-order valence-corrected chi connectivity index (χ4v) is 1.23. The first kappa shape index (κ1) is 8.81. The zero-order valence-electron chi connectivity index (χ0n) is 5.44. The number of rotatable bonds is 1. The normalized spacial score (nSPS) is 10.1. The van der Waals surface area contributed by atoms with Crippen molar-refractivity contribution in [1.82, 2.24) is 0 Å². The van der Waals surface area contributed by atoms with Gasteiger partial charge in [-0.1, -0.05) is 0 Å². The molecule has 1 aromatic rings. The van der Waals surface area contributed by atoms with Crippen LogP contribution in [0.25, 0.3) is 0 Å². The lowest BCUT2D eigenvalue weighted by molar-refractivity contribution is 0.467. The molecule has 0 fully saturated rings. The van der Waals surface area contributed by atoms with E-state index < -0.39 is 5.82 Å². The topological polar surface area (TPSA) is 20.2 Å². The summed E-state index contributed by atoms with van der Waals surface area (Å²) in [6, 6.07) is 2.49. The van der Waals surface area contributed by atoms with Gasteiger partial charge < -0.3 is 5.11 Å². The fourth-order valence-electron chi connectivity index (χ4n) is 0.685. The van der Waals surface area contributed by atoms with Crippen LogP contribution in [0.2, 0.25) is 0 Å². The second-order valence-corrected chi connectivity index (χ2v) is 3.15. The Kier molecular flexibility index (Phi) is 2.73. The van der Waals surface area contributed by atoms with E-state index in [4.69, 9.17) is 16.7 Å². The van der Waals surface area contributed by atoms with E-state index in [1.54, 1.807) is 0 Å². The van der Waals surface area contributed by atoms with Crippen molar-refractivity contribution in [1.29, 1.82) is 0 Å². The van der Waals surface area contributed by atoms with E-state index in [1.165, 1.54) is 12.1 Å². The molecule has 4 heteroatoms. The van der Waals surface area contributed by atoms with Crippen LogP contribution in [0, 0.1) is 5.82 Å². The third-order valence-corrected chi connectivity index (χ3v) is 2.16. The summed E-state index contributed by atoms with van der Waals surface area (Å²) < 4.78 is 13.0. The summed E-state index contributed by atoms with van der Waals surface area (Å²) >= 11 is 8.35. The maximum Gasteiger partial charge on any atom is 0.137 e. The maximum absolute atomic E-state index is 12.7. The fraction of sp³-hybridized carbons (Fsp3) is 0.143. The van der Waals surface area contributed by atoms with Gasteiger partial charge >= 0.3 is 0 Å². The molecule has 0 atom stereocenters. The highest BCUT2D eigenvalue weighted by molar-refractivity contribution is 9.10. The van der Waals surface area contributed by atoms with Gasteiger partial charge in [0.1, 0.15) is 11.6 Å². The molecule has 0 amide bonds. The average Bonchev–Trinajstić information content (AvgIpc) is 1.97. The van der Waals surface area contributed by atoms with E-state index in [0.29, 0.717) is 5.56 Å². The van der Waals surface area contributed by atoms with Crippen LogP contribution in [0.4, 0.5) is 4.39 Å². The molecule has 1 N–H and O–H groups in total. The summed E-state index contributed by atoms with van der Waals surface area (Å²) in [5, 5.41) is 9.13. The zero-order valence-corrected chi connectivity index (χ0v) is 7.78. The van der Waals surface area contributed by atoms with Crippen molar-refractivity contribution in [3.8, 4) is 5.75 Å². The van der Waals surface area contributed by atoms with Crippen molar-refractivity contribution in [2.45, 2.75) is 5.88 Å².